The van der Waals surface area contributed by atoms with Gasteiger partial charge in [-0.2, -0.15) is 0 Å². The van der Waals surface area contributed by atoms with Crippen LogP contribution in [0.5, 0.6) is 0 Å². The summed E-state index contributed by atoms with van der Waals surface area (Å²) in [6.45, 7) is 6.49. The minimum Gasteiger partial charge on any atom is -0.462 e. The monoisotopic (exact) mass is 921 g/mol. The maximum atomic E-state index is 12.8. The van der Waals surface area contributed by atoms with Crippen molar-refractivity contribution in [2.45, 2.75) is 277 Å². The second-order valence-corrected chi connectivity index (χ2v) is 18.5. The zero-order chi connectivity index (χ0) is 47.9. The van der Waals surface area contributed by atoms with Gasteiger partial charge in [-0.1, -0.05) is 235 Å². The molecule has 0 bridgehead atoms. The number of ether oxygens (including phenoxy) is 3. The van der Waals surface area contributed by atoms with Crippen LogP contribution in [0.25, 0.3) is 0 Å². The van der Waals surface area contributed by atoms with Gasteiger partial charge in [0.2, 0.25) is 0 Å². The van der Waals surface area contributed by atoms with E-state index in [-0.39, 0.29) is 31.1 Å². The first kappa shape index (κ1) is 62.8. The predicted molar refractivity (Wildman–Crippen MR) is 284 cm³/mol. The molecule has 0 unspecified atom stereocenters. The minimum absolute atomic E-state index is 0.0831. The highest BCUT2D eigenvalue weighted by Crippen LogP contribution is 2.15. The first-order valence-corrected chi connectivity index (χ1v) is 27.9. The fraction of sp³-hybridized carbons (Fsp3) is 0.750. The fourth-order valence-corrected chi connectivity index (χ4v) is 7.76. The van der Waals surface area contributed by atoms with Gasteiger partial charge < -0.3 is 14.2 Å². The number of rotatable bonds is 50. The van der Waals surface area contributed by atoms with Crippen molar-refractivity contribution in [2.75, 3.05) is 13.2 Å². The van der Waals surface area contributed by atoms with Crippen molar-refractivity contribution >= 4 is 17.9 Å². The normalized spacial score (nSPS) is 12.6. The van der Waals surface area contributed by atoms with Crippen molar-refractivity contribution in [3.63, 3.8) is 0 Å². The first-order valence-electron chi connectivity index (χ1n) is 27.9. The molecule has 0 aromatic heterocycles. The molecule has 0 amide bonds. The molecule has 0 radical (unpaired) electrons. The van der Waals surface area contributed by atoms with Crippen LogP contribution in [0.2, 0.25) is 0 Å². The van der Waals surface area contributed by atoms with E-state index in [9.17, 15) is 14.4 Å². The second kappa shape index (κ2) is 54.5. The summed E-state index contributed by atoms with van der Waals surface area (Å²) in [5, 5.41) is 0. The predicted octanol–water partition coefficient (Wildman–Crippen LogP) is 18.6. The third kappa shape index (κ3) is 51.8. The van der Waals surface area contributed by atoms with Crippen LogP contribution < -0.4 is 0 Å². The van der Waals surface area contributed by atoms with Gasteiger partial charge in [-0.3, -0.25) is 14.4 Å². The first-order chi connectivity index (χ1) is 32.5. The average Bonchev–Trinajstić information content (AvgIpc) is 3.31. The molecule has 1 atom stereocenters. The van der Waals surface area contributed by atoms with Gasteiger partial charge in [0.05, 0.1) is 0 Å². The molecule has 380 valence electrons. The molecule has 0 N–H and O–H groups in total. The van der Waals surface area contributed by atoms with Crippen LogP contribution in [-0.2, 0) is 28.6 Å². The number of allylic oxidation sites excluding steroid dienone is 12. The lowest BCUT2D eigenvalue weighted by molar-refractivity contribution is -0.167. The van der Waals surface area contributed by atoms with Crippen LogP contribution in [-0.4, -0.2) is 37.2 Å². The topological polar surface area (TPSA) is 78.9 Å². The van der Waals surface area contributed by atoms with Gasteiger partial charge in [-0.15, -0.1) is 0 Å². The lowest BCUT2D eigenvalue weighted by Crippen LogP contribution is -2.30. The molecule has 0 saturated carbocycles. The summed E-state index contributed by atoms with van der Waals surface area (Å²) in [7, 11) is 0. The Kier molecular flexibility index (Phi) is 51.9. The van der Waals surface area contributed by atoms with E-state index in [4.69, 9.17) is 14.2 Å². The Morgan fingerprint density at radius 1 is 0.318 bits per heavy atom. The van der Waals surface area contributed by atoms with Gasteiger partial charge in [0, 0.05) is 19.3 Å². The standard InChI is InChI=1S/C60H104O6/c1-4-7-10-13-16-19-22-25-27-29-30-32-34-36-39-42-45-48-51-54-60(63)66-57(55-64-58(61)52-49-46-43-40-37-24-21-18-15-12-9-6-3)56-65-59(62)53-50-47-44-41-38-35-33-31-28-26-23-20-17-14-11-8-5-2/h8,11,16-17,19-20,25-28,33,35,57H,4-7,9-10,12-15,18,21-24,29-32,34,36-56H2,1-3H3/b11-8-,19-16-,20-17-,27-25-,28-26-,35-33-/t57-/m0/s1. The summed E-state index contributed by atoms with van der Waals surface area (Å²) in [5.74, 6) is -0.905. The lowest BCUT2D eigenvalue weighted by Gasteiger charge is -2.18. The summed E-state index contributed by atoms with van der Waals surface area (Å²) in [5.41, 5.74) is 0. The van der Waals surface area contributed by atoms with E-state index < -0.39 is 6.10 Å². The van der Waals surface area contributed by atoms with Crippen molar-refractivity contribution in [1.82, 2.24) is 0 Å². The van der Waals surface area contributed by atoms with Crippen LogP contribution in [0.15, 0.2) is 72.9 Å². The Morgan fingerprint density at radius 3 is 0.955 bits per heavy atom. The van der Waals surface area contributed by atoms with Crippen molar-refractivity contribution in [1.29, 1.82) is 0 Å². The van der Waals surface area contributed by atoms with Crippen molar-refractivity contribution in [2.24, 2.45) is 0 Å². The summed E-state index contributed by atoms with van der Waals surface area (Å²) < 4.78 is 16.8. The lowest BCUT2D eigenvalue weighted by atomic mass is 10.0. The molecule has 0 aliphatic rings. The molecule has 6 heteroatoms. The molecule has 0 saturated heterocycles. The molecule has 66 heavy (non-hydrogen) atoms. The number of hydrogen-bond donors (Lipinski definition) is 0. The van der Waals surface area contributed by atoms with Gasteiger partial charge >= 0.3 is 17.9 Å². The van der Waals surface area contributed by atoms with E-state index >= 15 is 0 Å². The van der Waals surface area contributed by atoms with Crippen LogP contribution in [0.1, 0.15) is 271 Å². The SMILES string of the molecule is CC/C=C\C/C=C\C/C=C\C/C=C\CCCCCCC(=O)OC[C@H](COC(=O)CCCCCCCCCCCCCC)OC(=O)CCCCCCCCCCC/C=C\C/C=C\CCCCC. The quantitative estimate of drug-likeness (QED) is 0.0262. The van der Waals surface area contributed by atoms with Crippen LogP contribution in [0.3, 0.4) is 0 Å². The van der Waals surface area contributed by atoms with Crippen molar-refractivity contribution in [3.05, 3.63) is 72.9 Å². The number of unbranched alkanes of at least 4 members (excludes halogenated alkanes) is 27. The minimum atomic E-state index is -0.786. The Hall–Kier alpha value is -3.15. The van der Waals surface area contributed by atoms with Crippen LogP contribution in [0.4, 0.5) is 0 Å². The maximum absolute atomic E-state index is 12.8. The molecular formula is C60H104O6. The Morgan fingerprint density at radius 2 is 0.591 bits per heavy atom. The Labute approximate surface area is 408 Å². The third-order valence-electron chi connectivity index (χ3n) is 11.9. The Balaban J connectivity index is 4.40. The average molecular weight is 921 g/mol. The van der Waals surface area contributed by atoms with Gasteiger partial charge in [-0.05, 0) is 89.9 Å². The summed E-state index contributed by atoms with van der Waals surface area (Å²) in [4.78, 5) is 38.1. The number of hydrogen-bond acceptors (Lipinski definition) is 6. The molecule has 0 rings (SSSR count). The van der Waals surface area contributed by atoms with Crippen molar-refractivity contribution in [3.8, 4) is 0 Å². The van der Waals surface area contributed by atoms with Gasteiger partial charge in [-0.25, -0.2) is 0 Å². The zero-order valence-electron chi connectivity index (χ0n) is 43.4. The molecular weight excluding hydrogens is 817 g/mol. The Bertz CT molecular complexity index is 1240. The molecule has 0 heterocycles. The molecule has 6 nitrogen and oxygen atoms in total. The number of carbonyl (C=O) groups excluding carboxylic acids is 3. The van der Waals surface area contributed by atoms with E-state index in [0.717, 1.165) is 103 Å². The molecule has 0 aliphatic carbocycles. The molecule has 0 aliphatic heterocycles. The van der Waals surface area contributed by atoms with Gasteiger partial charge in [0.15, 0.2) is 6.10 Å². The van der Waals surface area contributed by atoms with E-state index in [1.54, 1.807) is 0 Å². The van der Waals surface area contributed by atoms with E-state index in [1.165, 1.54) is 128 Å². The molecule has 0 fully saturated rings. The maximum Gasteiger partial charge on any atom is 0.306 e. The smallest absolute Gasteiger partial charge is 0.306 e. The van der Waals surface area contributed by atoms with Crippen molar-refractivity contribution < 1.29 is 28.6 Å². The summed E-state index contributed by atoms with van der Waals surface area (Å²) >= 11 is 0. The zero-order valence-corrected chi connectivity index (χ0v) is 43.4. The van der Waals surface area contributed by atoms with E-state index in [0.29, 0.717) is 19.3 Å². The van der Waals surface area contributed by atoms with E-state index in [1.807, 2.05) is 0 Å². The van der Waals surface area contributed by atoms with Gasteiger partial charge in [0.25, 0.3) is 0 Å². The number of esters is 3. The number of carbonyl (C=O) groups is 3. The molecule has 0 aromatic rings. The van der Waals surface area contributed by atoms with Crippen LogP contribution >= 0.6 is 0 Å². The van der Waals surface area contributed by atoms with E-state index in [2.05, 4.69) is 93.7 Å². The summed E-state index contributed by atoms with van der Waals surface area (Å²) in [6.07, 6.45) is 68.8. The fourth-order valence-electron chi connectivity index (χ4n) is 7.76. The largest absolute Gasteiger partial charge is 0.462 e. The highest BCUT2D eigenvalue weighted by Gasteiger charge is 2.19. The highest BCUT2D eigenvalue weighted by molar-refractivity contribution is 5.71. The molecule has 0 spiro atoms. The molecule has 0 aromatic carbocycles. The second-order valence-electron chi connectivity index (χ2n) is 18.5. The highest BCUT2D eigenvalue weighted by atomic mass is 16.6. The van der Waals surface area contributed by atoms with Crippen LogP contribution in [0, 0.1) is 0 Å². The summed E-state index contributed by atoms with van der Waals surface area (Å²) in [6, 6.07) is 0. The third-order valence-corrected chi connectivity index (χ3v) is 11.9. The van der Waals surface area contributed by atoms with Gasteiger partial charge in [0.1, 0.15) is 13.2 Å².